The summed E-state index contributed by atoms with van der Waals surface area (Å²) in [5.41, 5.74) is 9.78. The van der Waals surface area contributed by atoms with E-state index in [0.717, 1.165) is 74.6 Å². The Morgan fingerprint density at radius 3 is 1.02 bits per heavy atom. The first kappa shape index (κ1) is 37.0. The molecule has 0 fully saturated rings. The van der Waals surface area contributed by atoms with Crippen LogP contribution in [0.1, 0.15) is 56.6 Å². The van der Waals surface area contributed by atoms with Crippen molar-refractivity contribution in [2.24, 2.45) is 0 Å². The van der Waals surface area contributed by atoms with E-state index in [1.54, 1.807) is 56.9 Å². The molecule has 0 unspecified atom stereocenters. The Hall–Kier alpha value is -4.80. The fraction of sp³-hybridized carbons (Fsp3) is 0.429. The maximum atomic E-state index is 5.81. The lowest BCUT2D eigenvalue weighted by Crippen LogP contribution is -2.31. The number of hydrogen-bond acceptors (Lipinski definition) is 10. The molecule has 0 aromatic heterocycles. The van der Waals surface area contributed by atoms with Gasteiger partial charge in [0.25, 0.3) is 0 Å². The minimum atomic E-state index is 0.0881. The number of aryl methyl sites for hydroxylation is 2. The largest absolute Gasteiger partial charge is 0.493 e. The highest BCUT2D eigenvalue weighted by Crippen LogP contribution is 2.41. The molecule has 0 spiro atoms. The zero-order valence-corrected chi connectivity index (χ0v) is 31.7. The van der Waals surface area contributed by atoms with E-state index in [0.29, 0.717) is 23.0 Å². The van der Waals surface area contributed by atoms with Gasteiger partial charge in [0, 0.05) is 12.1 Å². The Kier molecular flexibility index (Phi) is 11.9. The van der Waals surface area contributed by atoms with Gasteiger partial charge in [0.15, 0.2) is 46.0 Å². The fourth-order valence-electron chi connectivity index (χ4n) is 7.78. The van der Waals surface area contributed by atoms with Crippen LogP contribution in [0.5, 0.6) is 46.0 Å². The van der Waals surface area contributed by atoms with Crippen molar-refractivity contribution in [2.75, 3.05) is 70.0 Å². The Morgan fingerprint density at radius 2 is 0.692 bits per heavy atom. The highest BCUT2D eigenvalue weighted by Gasteiger charge is 2.27. The summed E-state index contributed by atoms with van der Waals surface area (Å²) in [7, 11) is 13.5. The Balaban J connectivity index is 1.34. The van der Waals surface area contributed by atoms with Gasteiger partial charge in [0.1, 0.15) is 0 Å². The Morgan fingerprint density at radius 1 is 0.404 bits per heavy atom. The molecule has 0 amide bonds. The maximum Gasteiger partial charge on any atom is 0.161 e. The monoisotopic (exact) mass is 712 g/mol. The molecule has 6 rings (SSSR count). The lowest BCUT2D eigenvalue weighted by molar-refractivity contribution is 0.351. The Labute approximate surface area is 307 Å². The predicted molar refractivity (Wildman–Crippen MR) is 202 cm³/mol. The summed E-state index contributed by atoms with van der Waals surface area (Å²) < 4.78 is 45.9. The third-order valence-electron chi connectivity index (χ3n) is 10.5. The molecule has 4 aromatic carbocycles. The van der Waals surface area contributed by atoms with E-state index in [9.17, 15) is 0 Å². The normalized spacial score (nSPS) is 16.3. The molecule has 2 atom stereocenters. The molecule has 4 aromatic rings. The molecule has 0 aliphatic carbocycles. The lowest BCUT2D eigenvalue weighted by atomic mass is 9.86. The standard InChI is InChI=1S/C42H52N2O8/c1-45-35-17-25(29(21-39(35)49-5)15-33-31-23-41(51-7)37(47-3)19-27(31)11-13-43-33)9-10-26-18-36(46-2)40(50-6)22-30(26)16-34-32-24-42(52-8)38(48-4)20-28(32)12-14-44-34/h17-24,33-34,43-44H,9-16H2,1-8H3/t33-,34-/m1/s1. The van der Waals surface area contributed by atoms with Crippen LogP contribution in [0, 0.1) is 0 Å². The van der Waals surface area contributed by atoms with Gasteiger partial charge < -0.3 is 48.5 Å². The van der Waals surface area contributed by atoms with Crippen molar-refractivity contribution in [3.8, 4) is 46.0 Å². The lowest BCUT2D eigenvalue weighted by Gasteiger charge is -2.30. The van der Waals surface area contributed by atoms with Gasteiger partial charge >= 0.3 is 0 Å². The van der Waals surface area contributed by atoms with Crippen LogP contribution in [-0.4, -0.2) is 70.0 Å². The summed E-state index contributed by atoms with van der Waals surface area (Å²) in [5.74, 6) is 5.83. The van der Waals surface area contributed by atoms with E-state index in [2.05, 4.69) is 59.2 Å². The fourth-order valence-corrected chi connectivity index (χ4v) is 7.78. The summed E-state index contributed by atoms with van der Waals surface area (Å²) in [6.07, 6.45) is 4.95. The second-order valence-corrected chi connectivity index (χ2v) is 13.2. The van der Waals surface area contributed by atoms with Crippen LogP contribution in [0.15, 0.2) is 48.5 Å². The molecule has 2 N–H and O–H groups in total. The zero-order valence-electron chi connectivity index (χ0n) is 31.7. The van der Waals surface area contributed by atoms with Gasteiger partial charge in [-0.2, -0.15) is 0 Å². The maximum absolute atomic E-state index is 5.81. The molecule has 2 aliphatic rings. The molecule has 0 saturated heterocycles. The molecular weight excluding hydrogens is 660 g/mol. The highest BCUT2D eigenvalue weighted by atomic mass is 16.5. The Bertz CT molecular complexity index is 1740. The summed E-state index contributed by atoms with van der Waals surface area (Å²) >= 11 is 0. The van der Waals surface area contributed by atoms with Gasteiger partial charge in [-0.3, -0.25) is 0 Å². The molecule has 0 radical (unpaired) electrons. The van der Waals surface area contributed by atoms with Gasteiger partial charge in [-0.05, 0) is 145 Å². The molecule has 2 aliphatic heterocycles. The number of nitrogens with one attached hydrogen (secondary N) is 2. The molecule has 52 heavy (non-hydrogen) atoms. The molecule has 278 valence electrons. The second-order valence-electron chi connectivity index (χ2n) is 13.2. The van der Waals surface area contributed by atoms with E-state index in [1.807, 2.05) is 0 Å². The quantitative estimate of drug-likeness (QED) is 0.144. The topological polar surface area (TPSA) is 97.9 Å². The molecule has 10 nitrogen and oxygen atoms in total. The molecule has 0 bridgehead atoms. The average Bonchev–Trinajstić information content (AvgIpc) is 3.19. The van der Waals surface area contributed by atoms with Crippen LogP contribution >= 0.6 is 0 Å². The number of ether oxygens (including phenoxy) is 8. The van der Waals surface area contributed by atoms with Crippen molar-refractivity contribution in [1.82, 2.24) is 10.6 Å². The first-order valence-electron chi connectivity index (χ1n) is 17.8. The number of methoxy groups -OCH3 is 8. The van der Waals surface area contributed by atoms with Crippen LogP contribution in [-0.2, 0) is 38.5 Å². The van der Waals surface area contributed by atoms with Crippen LogP contribution in [0.25, 0.3) is 0 Å². The van der Waals surface area contributed by atoms with Gasteiger partial charge in [0.2, 0.25) is 0 Å². The van der Waals surface area contributed by atoms with Crippen molar-refractivity contribution < 1.29 is 37.9 Å². The molecular formula is C42H52N2O8. The van der Waals surface area contributed by atoms with Crippen LogP contribution in [0.2, 0.25) is 0 Å². The minimum absolute atomic E-state index is 0.0881. The average molecular weight is 713 g/mol. The molecule has 10 heteroatoms. The summed E-state index contributed by atoms with van der Waals surface area (Å²) in [4.78, 5) is 0. The van der Waals surface area contributed by atoms with Crippen LogP contribution in [0.4, 0.5) is 0 Å². The van der Waals surface area contributed by atoms with Gasteiger partial charge in [-0.25, -0.2) is 0 Å². The van der Waals surface area contributed by atoms with Crippen LogP contribution < -0.4 is 48.5 Å². The predicted octanol–water partition coefficient (Wildman–Crippen LogP) is 6.40. The zero-order chi connectivity index (χ0) is 36.8. The number of benzene rings is 4. The van der Waals surface area contributed by atoms with Crippen molar-refractivity contribution in [3.63, 3.8) is 0 Å². The van der Waals surface area contributed by atoms with Crippen molar-refractivity contribution in [2.45, 2.75) is 50.6 Å². The third kappa shape index (κ3) is 7.54. The number of rotatable bonds is 15. The van der Waals surface area contributed by atoms with Crippen molar-refractivity contribution in [3.05, 3.63) is 93.0 Å². The summed E-state index contributed by atoms with van der Waals surface area (Å²) in [6, 6.07) is 17.2. The van der Waals surface area contributed by atoms with E-state index in [1.165, 1.54) is 44.5 Å². The minimum Gasteiger partial charge on any atom is -0.493 e. The SMILES string of the molecule is COc1cc(CCc2cc(OC)c(OC)cc2C[C@H]2NCCc3cc(OC)c(OC)cc32)c(C[C@H]2NCCc3cc(OC)c(OC)cc32)cc1OC. The van der Waals surface area contributed by atoms with Gasteiger partial charge in [-0.15, -0.1) is 0 Å². The van der Waals surface area contributed by atoms with Crippen molar-refractivity contribution >= 4 is 0 Å². The second kappa shape index (κ2) is 16.7. The highest BCUT2D eigenvalue weighted by molar-refractivity contribution is 5.54. The van der Waals surface area contributed by atoms with Crippen molar-refractivity contribution in [1.29, 1.82) is 0 Å². The summed E-state index contributed by atoms with van der Waals surface area (Å²) in [6.45, 7) is 1.75. The molecule has 2 heterocycles. The van der Waals surface area contributed by atoms with E-state index < -0.39 is 0 Å². The smallest absolute Gasteiger partial charge is 0.161 e. The molecule has 0 saturated carbocycles. The summed E-state index contributed by atoms with van der Waals surface area (Å²) in [5, 5.41) is 7.53. The van der Waals surface area contributed by atoms with E-state index >= 15 is 0 Å². The van der Waals surface area contributed by atoms with Crippen LogP contribution in [0.3, 0.4) is 0 Å². The number of hydrogen-bond donors (Lipinski definition) is 2. The van der Waals surface area contributed by atoms with E-state index in [-0.39, 0.29) is 12.1 Å². The first-order chi connectivity index (χ1) is 25.4. The van der Waals surface area contributed by atoms with E-state index in [4.69, 9.17) is 37.9 Å². The first-order valence-corrected chi connectivity index (χ1v) is 17.8. The number of fused-ring (bicyclic) bond motifs is 2. The van der Waals surface area contributed by atoms with Gasteiger partial charge in [0.05, 0.1) is 56.9 Å². The van der Waals surface area contributed by atoms with Gasteiger partial charge in [-0.1, -0.05) is 0 Å². The third-order valence-corrected chi connectivity index (χ3v) is 10.5.